The van der Waals surface area contributed by atoms with E-state index in [-0.39, 0.29) is 10.8 Å². The van der Waals surface area contributed by atoms with E-state index in [1.165, 1.54) is 33.4 Å². The molecule has 0 aliphatic heterocycles. The normalized spacial score (nSPS) is 11.7. The van der Waals surface area contributed by atoms with Crippen LogP contribution in [-0.2, 0) is 10.0 Å². The lowest BCUT2D eigenvalue weighted by atomic mass is 10.1. The minimum absolute atomic E-state index is 0.165. The molecule has 0 radical (unpaired) electrons. The molecule has 0 aliphatic carbocycles. The Balaban J connectivity index is 1.62. The van der Waals surface area contributed by atoms with E-state index in [1.807, 2.05) is 0 Å². The van der Waals surface area contributed by atoms with Crippen molar-refractivity contribution in [3.05, 3.63) is 66.5 Å². The quantitative estimate of drug-likeness (QED) is 0.208. The maximum atomic E-state index is 12.0. The van der Waals surface area contributed by atoms with Gasteiger partial charge in [-0.2, -0.15) is 25.2 Å². The molecule has 0 aliphatic rings. The van der Waals surface area contributed by atoms with Crippen LogP contribution in [0.3, 0.4) is 0 Å². The molecule has 13 nitrogen and oxygen atoms in total. The van der Waals surface area contributed by atoms with Gasteiger partial charge in [0.15, 0.2) is 11.6 Å². The minimum Gasteiger partial charge on any atom is -0.481 e. The number of pyridine rings is 1. The molecule has 37 heavy (non-hydrogen) atoms. The van der Waals surface area contributed by atoms with Crippen molar-refractivity contribution in [2.45, 2.75) is 11.8 Å². The number of hydrogen-bond acceptors (Lipinski definition) is 11. The monoisotopic (exact) mass is 523 g/mol. The topological polar surface area (TPSA) is 158 Å². The lowest BCUT2D eigenvalue weighted by Crippen LogP contribution is -2.18. The third kappa shape index (κ3) is 5.99. The molecule has 3 N–H and O–H groups in total. The zero-order valence-corrected chi connectivity index (χ0v) is 21.3. The number of methoxy groups -OCH3 is 2. The van der Waals surface area contributed by atoms with Crippen molar-refractivity contribution in [1.82, 2.24) is 29.5 Å². The molecular weight excluding hydrogens is 498 g/mol. The highest BCUT2D eigenvalue weighted by atomic mass is 32.2. The summed E-state index contributed by atoms with van der Waals surface area (Å²) in [4.78, 5) is 13.4. The molecule has 3 aromatic heterocycles. The largest absolute Gasteiger partial charge is 0.481 e. The van der Waals surface area contributed by atoms with Gasteiger partial charge in [0.1, 0.15) is 5.69 Å². The Morgan fingerprint density at radius 3 is 2.46 bits per heavy atom. The van der Waals surface area contributed by atoms with Gasteiger partial charge in [0, 0.05) is 24.5 Å². The number of nitrogens with zero attached hydrogens (tertiary/aromatic N) is 6. The van der Waals surface area contributed by atoms with Crippen molar-refractivity contribution < 1.29 is 17.9 Å². The predicted molar refractivity (Wildman–Crippen MR) is 138 cm³/mol. The summed E-state index contributed by atoms with van der Waals surface area (Å²) >= 11 is 0. The van der Waals surface area contributed by atoms with Crippen LogP contribution in [0.25, 0.3) is 5.82 Å². The molecule has 14 heteroatoms. The van der Waals surface area contributed by atoms with Crippen molar-refractivity contribution in [3.8, 4) is 17.6 Å². The number of hydrazone groups is 1. The van der Waals surface area contributed by atoms with Crippen LogP contribution >= 0.6 is 0 Å². The van der Waals surface area contributed by atoms with Crippen molar-refractivity contribution in [2.24, 2.45) is 5.10 Å². The summed E-state index contributed by atoms with van der Waals surface area (Å²) in [5, 5.41) is 11.7. The predicted octanol–water partition coefficient (Wildman–Crippen LogP) is 2.56. The Bertz CT molecular complexity index is 1510. The second kappa shape index (κ2) is 11.0. The Morgan fingerprint density at radius 2 is 1.81 bits per heavy atom. The molecule has 1 aromatic carbocycles. The van der Waals surface area contributed by atoms with Gasteiger partial charge < -0.3 is 14.8 Å². The molecular formula is C23H25N9O4S. The average molecular weight is 524 g/mol. The fourth-order valence-electron chi connectivity index (χ4n) is 3.18. The molecule has 0 unspecified atom stereocenters. The number of rotatable bonds is 10. The summed E-state index contributed by atoms with van der Waals surface area (Å²) in [6.07, 6.45) is 3.39. The van der Waals surface area contributed by atoms with Crippen molar-refractivity contribution in [1.29, 1.82) is 0 Å². The smallest absolute Gasteiger partial charge is 0.240 e. The Hall–Kier alpha value is -4.56. The van der Waals surface area contributed by atoms with Crippen LogP contribution in [0.2, 0.25) is 0 Å². The van der Waals surface area contributed by atoms with Gasteiger partial charge >= 0.3 is 0 Å². The molecule has 0 amide bonds. The molecule has 0 saturated carbocycles. The summed E-state index contributed by atoms with van der Waals surface area (Å²) in [6.45, 7) is 1.79. The van der Waals surface area contributed by atoms with E-state index in [2.05, 4.69) is 40.6 Å². The van der Waals surface area contributed by atoms with Crippen LogP contribution in [0.5, 0.6) is 11.8 Å². The van der Waals surface area contributed by atoms with Gasteiger partial charge in [0.05, 0.1) is 24.8 Å². The van der Waals surface area contributed by atoms with E-state index in [4.69, 9.17) is 9.47 Å². The summed E-state index contributed by atoms with van der Waals surface area (Å²) in [6, 6.07) is 13.3. The first-order chi connectivity index (χ1) is 17.8. The summed E-state index contributed by atoms with van der Waals surface area (Å²) in [5.41, 5.74) is 4.81. The van der Waals surface area contributed by atoms with E-state index in [0.29, 0.717) is 34.8 Å². The van der Waals surface area contributed by atoms with Gasteiger partial charge in [-0.15, -0.1) is 0 Å². The highest BCUT2D eigenvalue weighted by Gasteiger charge is 2.13. The second-order valence-corrected chi connectivity index (χ2v) is 9.35. The lowest BCUT2D eigenvalue weighted by molar-refractivity contribution is 0.366. The molecule has 4 aromatic rings. The summed E-state index contributed by atoms with van der Waals surface area (Å²) in [5.74, 6) is 1.82. The van der Waals surface area contributed by atoms with Gasteiger partial charge in [-0.3, -0.25) is 5.43 Å². The molecule has 0 spiro atoms. The van der Waals surface area contributed by atoms with Crippen molar-refractivity contribution in [2.75, 3.05) is 32.0 Å². The number of sulfonamides is 1. The zero-order valence-electron chi connectivity index (χ0n) is 20.5. The zero-order chi connectivity index (χ0) is 26.4. The van der Waals surface area contributed by atoms with E-state index in [9.17, 15) is 8.42 Å². The van der Waals surface area contributed by atoms with E-state index in [0.717, 1.165) is 5.56 Å². The highest BCUT2D eigenvalue weighted by molar-refractivity contribution is 7.89. The maximum absolute atomic E-state index is 12.0. The van der Waals surface area contributed by atoms with Crippen LogP contribution in [0.15, 0.2) is 70.9 Å². The Labute approximate surface area is 213 Å². The van der Waals surface area contributed by atoms with E-state index < -0.39 is 10.0 Å². The molecule has 4 rings (SSSR count). The van der Waals surface area contributed by atoms with Crippen LogP contribution in [-0.4, -0.2) is 60.1 Å². The Morgan fingerprint density at radius 1 is 1.03 bits per heavy atom. The maximum Gasteiger partial charge on any atom is 0.240 e. The number of aromatic nitrogens is 5. The number of ether oxygens (including phenoxy) is 2. The lowest BCUT2D eigenvalue weighted by Gasteiger charge is -2.12. The summed E-state index contributed by atoms with van der Waals surface area (Å²) < 4.78 is 38.3. The molecule has 0 atom stereocenters. The number of benzene rings is 1. The van der Waals surface area contributed by atoms with Crippen LogP contribution in [0.4, 0.5) is 17.5 Å². The van der Waals surface area contributed by atoms with Gasteiger partial charge in [0.25, 0.3) is 0 Å². The fourth-order valence-corrected chi connectivity index (χ4v) is 3.91. The molecule has 192 valence electrons. The van der Waals surface area contributed by atoms with Crippen molar-refractivity contribution >= 4 is 33.2 Å². The van der Waals surface area contributed by atoms with E-state index >= 15 is 0 Å². The van der Waals surface area contributed by atoms with Crippen LogP contribution in [0, 0.1) is 0 Å². The Kier molecular flexibility index (Phi) is 7.60. The third-order valence-electron chi connectivity index (χ3n) is 5.12. The molecule has 0 bridgehead atoms. The standard InChI is InChI=1S/C23H25N9O4S/c1-15(16-6-8-17(9-7-16)37(33,34)24-2)30-31-19-14-20(32-13-5-12-25-32)28-23(27-19)26-18-10-11-21(35-3)29-22(18)36-4/h5-14,24H,1-4H3,(H2,26,27,28,31). The number of anilines is 3. The van der Waals surface area contributed by atoms with Gasteiger partial charge in [-0.1, -0.05) is 12.1 Å². The van der Waals surface area contributed by atoms with Gasteiger partial charge in [-0.25, -0.2) is 17.8 Å². The van der Waals surface area contributed by atoms with E-state index in [1.54, 1.807) is 60.4 Å². The molecule has 0 saturated heterocycles. The fraction of sp³-hybridized carbons (Fsp3) is 0.174. The SMILES string of the molecule is CNS(=O)(=O)c1ccc(C(C)=NNc2cc(-n3cccn3)nc(Nc3ccc(OC)nc3OC)n2)cc1. The first-order valence-electron chi connectivity index (χ1n) is 10.9. The minimum atomic E-state index is -3.52. The highest BCUT2D eigenvalue weighted by Crippen LogP contribution is 2.27. The first kappa shape index (κ1) is 25.5. The average Bonchev–Trinajstić information content (AvgIpc) is 3.47. The van der Waals surface area contributed by atoms with Gasteiger partial charge in [0.2, 0.25) is 27.7 Å². The van der Waals surface area contributed by atoms with Gasteiger partial charge in [-0.05, 0) is 43.8 Å². The third-order valence-corrected chi connectivity index (χ3v) is 6.55. The first-order valence-corrected chi connectivity index (χ1v) is 12.4. The number of nitrogens with one attached hydrogen (secondary N) is 3. The summed E-state index contributed by atoms with van der Waals surface area (Å²) in [7, 11) is 0.862. The molecule has 3 heterocycles. The second-order valence-electron chi connectivity index (χ2n) is 7.46. The number of hydrogen-bond donors (Lipinski definition) is 3. The van der Waals surface area contributed by atoms with Crippen LogP contribution < -0.4 is 24.9 Å². The van der Waals surface area contributed by atoms with Crippen LogP contribution in [0.1, 0.15) is 12.5 Å². The molecule has 0 fully saturated rings. The van der Waals surface area contributed by atoms with Crippen molar-refractivity contribution in [3.63, 3.8) is 0 Å².